The number of benzene rings is 1. The zero-order chi connectivity index (χ0) is 15.0. The summed E-state index contributed by atoms with van der Waals surface area (Å²) in [5.74, 6) is -1.20. The summed E-state index contributed by atoms with van der Waals surface area (Å²) in [6, 6.07) is 1.39. The molecule has 1 heterocycles. The highest BCUT2D eigenvalue weighted by atomic mass is 35.5. The van der Waals surface area contributed by atoms with Gasteiger partial charge in [-0.3, -0.25) is 4.79 Å². The monoisotopic (exact) mass is 319 g/mol. The molecule has 108 valence electrons. The fourth-order valence-electron chi connectivity index (χ4n) is 2.09. The lowest BCUT2D eigenvalue weighted by Crippen LogP contribution is -2.40. The lowest BCUT2D eigenvalue weighted by molar-refractivity contribution is -0.121. The Morgan fingerprint density at radius 3 is 2.65 bits per heavy atom. The molecule has 2 rings (SSSR count). The van der Waals surface area contributed by atoms with Crippen molar-refractivity contribution in [2.24, 2.45) is 5.73 Å². The Hall–Kier alpha value is -1.53. The van der Waals surface area contributed by atoms with E-state index in [0.717, 1.165) is 6.07 Å². The van der Waals surface area contributed by atoms with Crippen LogP contribution in [0.4, 0.5) is 9.18 Å². The molecule has 1 aromatic rings. The van der Waals surface area contributed by atoms with Gasteiger partial charge in [-0.25, -0.2) is 9.18 Å². The van der Waals surface area contributed by atoms with Crippen LogP contribution in [0.1, 0.15) is 5.56 Å². The van der Waals surface area contributed by atoms with E-state index in [1.54, 1.807) is 0 Å². The van der Waals surface area contributed by atoms with Gasteiger partial charge >= 0.3 is 6.03 Å². The molecule has 2 N–H and O–H groups in total. The number of rotatable bonds is 3. The molecule has 1 aliphatic rings. The Morgan fingerprint density at radius 2 is 2.15 bits per heavy atom. The van der Waals surface area contributed by atoms with E-state index in [1.165, 1.54) is 22.9 Å². The van der Waals surface area contributed by atoms with Gasteiger partial charge in [0.05, 0.1) is 13.1 Å². The van der Waals surface area contributed by atoms with E-state index in [-0.39, 0.29) is 28.7 Å². The van der Waals surface area contributed by atoms with Crippen LogP contribution in [0.5, 0.6) is 0 Å². The zero-order valence-corrected chi connectivity index (χ0v) is 12.1. The summed E-state index contributed by atoms with van der Waals surface area (Å²) in [5.41, 5.74) is 5.36. The minimum Gasteiger partial charge on any atom is -0.368 e. The largest absolute Gasteiger partial charge is 0.368 e. The van der Waals surface area contributed by atoms with E-state index >= 15 is 0 Å². The predicted octanol–water partition coefficient (Wildman–Crippen LogP) is 1.85. The normalized spacial score (nSPS) is 18.8. The molecule has 0 radical (unpaired) electrons. The van der Waals surface area contributed by atoms with Crippen molar-refractivity contribution >= 4 is 35.1 Å². The third-order valence-corrected chi connectivity index (χ3v) is 3.77. The molecule has 0 aliphatic carbocycles. The molecule has 1 unspecified atom stereocenters. The van der Waals surface area contributed by atoms with Crippen LogP contribution in [0.2, 0.25) is 10.0 Å². The lowest BCUT2D eigenvalue weighted by atomic mass is 10.2. The summed E-state index contributed by atoms with van der Waals surface area (Å²) in [6.45, 7) is 0.0534. The maximum Gasteiger partial charge on any atom is 0.320 e. The Kier molecular flexibility index (Phi) is 4.06. The van der Waals surface area contributed by atoms with Crippen molar-refractivity contribution in [1.82, 2.24) is 9.80 Å². The number of hydrogen-bond donors (Lipinski definition) is 1. The first-order valence-corrected chi connectivity index (χ1v) is 6.51. The van der Waals surface area contributed by atoms with Gasteiger partial charge in [-0.1, -0.05) is 23.2 Å². The number of urea groups is 1. The van der Waals surface area contributed by atoms with Crippen molar-refractivity contribution in [1.29, 1.82) is 0 Å². The van der Waals surface area contributed by atoms with E-state index in [0.29, 0.717) is 0 Å². The van der Waals surface area contributed by atoms with E-state index in [1.807, 2.05) is 0 Å². The van der Waals surface area contributed by atoms with Gasteiger partial charge in [0.1, 0.15) is 11.9 Å². The van der Waals surface area contributed by atoms with Gasteiger partial charge in [-0.05, 0) is 12.1 Å². The van der Waals surface area contributed by atoms with Gasteiger partial charge in [0, 0.05) is 22.7 Å². The smallest absolute Gasteiger partial charge is 0.320 e. The fraction of sp³-hybridized carbons (Fsp3) is 0.333. The molecular formula is C12H12Cl2FN3O2. The van der Waals surface area contributed by atoms with Crippen molar-refractivity contribution in [3.05, 3.63) is 33.6 Å². The molecule has 0 aromatic heterocycles. The van der Waals surface area contributed by atoms with E-state index < -0.39 is 23.8 Å². The van der Waals surface area contributed by atoms with Crippen LogP contribution < -0.4 is 5.73 Å². The Balaban J connectivity index is 2.23. The fourth-order valence-corrected chi connectivity index (χ4v) is 2.62. The van der Waals surface area contributed by atoms with Crippen LogP contribution in [-0.2, 0) is 11.3 Å². The number of likely N-dealkylation sites (N-methyl/N-ethyl adjacent to an activating group) is 1. The highest BCUT2D eigenvalue weighted by Gasteiger charge is 2.38. The van der Waals surface area contributed by atoms with Crippen molar-refractivity contribution in [2.45, 2.75) is 12.6 Å². The molecule has 1 fully saturated rings. The van der Waals surface area contributed by atoms with Crippen LogP contribution in [0.25, 0.3) is 0 Å². The third kappa shape index (κ3) is 2.66. The topological polar surface area (TPSA) is 66.6 Å². The molecule has 1 aromatic carbocycles. The predicted molar refractivity (Wildman–Crippen MR) is 73.0 cm³/mol. The third-order valence-electron chi connectivity index (χ3n) is 3.22. The van der Waals surface area contributed by atoms with Gasteiger partial charge in [0.25, 0.3) is 0 Å². The summed E-state index contributed by atoms with van der Waals surface area (Å²) in [7, 11) is 1.47. The molecule has 1 saturated heterocycles. The molecule has 0 saturated carbocycles. The van der Waals surface area contributed by atoms with Crippen LogP contribution in [-0.4, -0.2) is 41.4 Å². The maximum absolute atomic E-state index is 13.8. The van der Waals surface area contributed by atoms with Crippen molar-refractivity contribution < 1.29 is 14.0 Å². The highest BCUT2D eigenvalue weighted by molar-refractivity contribution is 6.35. The molecule has 5 nitrogen and oxygen atoms in total. The molecule has 8 heteroatoms. The summed E-state index contributed by atoms with van der Waals surface area (Å²) < 4.78 is 13.8. The quantitative estimate of drug-likeness (QED) is 0.924. The Morgan fingerprint density at radius 1 is 1.50 bits per heavy atom. The second kappa shape index (κ2) is 5.46. The Bertz CT molecular complexity index is 559. The molecule has 20 heavy (non-hydrogen) atoms. The van der Waals surface area contributed by atoms with Crippen LogP contribution in [0.15, 0.2) is 12.1 Å². The minimum atomic E-state index is -0.725. The number of amides is 3. The molecular weight excluding hydrogens is 308 g/mol. The van der Waals surface area contributed by atoms with E-state index in [4.69, 9.17) is 28.9 Å². The number of carbonyl (C=O) groups excluding carboxylic acids is 2. The summed E-state index contributed by atoms with van der Waals surface area (Å²) in [6.07, 6.45) is 0. The zero-order valence-electron chi connectivity index (χ0n) is 10.6. The summed E-state index contributed by atoms with van der Waals surface area (Å²) >= 11 is 11.6. The van der Waals surface area contributed by atoms with Crippen molar-refractivity contribution in [3.63, 3.8) is 0 Å². The number of nitrogens with zero attached hydrogens (tertiary/aromatic N) is 2. The number of halogens is 3. The van der Waals surface area contributed by atoms with Crippen LogP contribution >= 0.6 is 23.2 Å². The molecule has 0 bridgehead atoms. The first-order valence-electron chi connectivity index (χ1n) is 5.75. The van der Waals surface area contributed by atoms with E-state index in [2.05, 4.69) is 0 Å². The van der Waals surface area contributed by atoms with E-state index in [9.17, 15) is 14.0 Å². The Labute approximate surface area is 125 Å². The van der Waals surface area contributed by atoms with Crippen LogP contribution in [0, 0.1) is 5.82 Å². The lowest BCUT2D eigenvalue weighted by Gasteiger charge is -2.17. The second-order valence-electron chi connectivity index (χ2n) is 4.54. The number of nitrogens with two attached hydrogens (primary N) is 1. The standard InChI is InChI=1S/C12H12Cl2FN3O2/c1-17-10(11(16)19)5-18(12(17)20)4-7-8(14)2-6(13)3-9(7)15/h2-3,10H,4-5H2,1H3,(H2,16,19). The van der Waals surface area contributed by atoms with Gasteiger partial charge < -0.3 is 15.5 Å². The first-order chi connectivity index (χ1) is 9.31. The van der Waals surface area contributed by atoms with Gasteiger partial charge in [-0.2, -0.15) is 0 Å². The van der Waals surface area contributed by atoms with Crippen LogP contribution in [0.3, 0.4) is 0 Å². The summed E-state index contributed by atoms with van der Waals surface area (Å²) in [5, 5.41) is 0.309. The SMILES string of the molecule is CN1C(=O)N(Cc2c(F)cc(Cl)cc2Cl)CC1C(N)=O. The molecule has 1 atom stereocenters. The minimum absolute atomic E-state index is 0.0468. The van der Waals surface area contributed by atoms with Crippen molar-refractivity contribution in [2.75, 3.05) is 13.6 Å². The van der Waals surface area contributed by atoms with Gasteiger partial charge in [0.15, 0.2) is 0 Å². The van der Waals surface area contributed by atoms with Gasteiger partial charge in [-0.15, -0.1) is 0 Å². The molecule has 0 spiro atoms. The number of hydrogen-bond acceptors (Lipinski definition) is 2. The highest BCUT2D eigenvalue weighted by Crippen LogP contribution is 2.27. The second-order valence-corrected chi connectivity index (χ2v) is 5.38. The first kappa shape index (κ1) is 14.9. The average Bonchev–Trinajstić information content (AvgIpc) is 2.61. The number of primary amides is 1. The maximum atomic E-state index is 13.8. The number of carbonyl (C=O) groups is 2. The van der Waals surface area contributed by atoms with Gasteiger partial charge in [0.2, 0.25) is 5.91 Å². The molecule has 3 amide bonds. The molecule has 1 aliphatic heterocycles. The average molecular weight is 320 g/mol. The summed E-state index contributed by atoms with van der Waals surface area (Å²) in [4.78, 5) is 25.7. The van der Waals surface area contributed by atoms with Crippen molar-refractivity contribution in [3.8, 4) is 0 Å².